The molecule has 0 heterocycles. The van der Waals surface area contributed by atoms with Crippen molar-refractivity contribution in [2.24, 2.45) is 0 Å². The maximum absolute atomic E-state index is 9.04. The molecule has 0 amide bonds. The molecule has 1 nitrogen and oxygen atoms in total. The van der Waals surface area contributed by atoms with E-state index in [1.54, 1.807) is 6.07 Å². The molecule has 0 aliphatic rings. The Morgan fingerprint density at radius 2 is 1.50 bits per heavy atom. The Labute approximate surface area is 131 Å². The molecule has 0 saturated carbocycles. The van der Waals surface area contributed by atoms with Crippen molar-refractivity contribution < 1.29 is 5.48 Å². The van der Waals surface area contributed by atoms with E-state index in [2.05, 4.69) is 79.9 Å². The van der Waals surface area contributed by atoms with Crippen LogP contribution in [0.25, 0.3) is 0 Å². The van der Waals surface area contributed by atoms with Crippen LogP contribution < -0.4 is 0 Å². The van der Waals surface area contributed by atoms with Crippen LogP contribution in [0.4, 0.5) is 0 Å². The van der Waals surface area contributed by atoms with E-state index in [1.807, 2.05) is 26.0 Å². The van der Waals surface area contributed by atoms with Gasteiger partial charge < -0.3 is 5.11 Å². The van der Waals surface area contributed by atoms with E-state index < -0.39 is 0.376 Å². The van der Waals surface area contributed by atoms with Crippen molar-refractivity contribution >= 4 is 79.9 Å². The summed E-state index contributed by atoms with van der Waals surface area (Å²) in [5.74, 6) is 0.376. The summed E-state index contributed by atoms with van der Waals surface area (Å²) in [6, 6.07) is 5.56. The molecule has 1 N–H and O–H groups in total. The van der Waals surface area contributed by atoms with Gasteiger partial charge in [0.05, 0.1) is 0 Å². The number of hydrogen-bond donors (Lipinski definition) is 1. The second-order valence-corrected chi connectivity index (χ2v) is 73.4. The van der Waals surface area contributed by atoms with Crippen molar-refractivity contribution in [3.05, 3.63) is 29.3 Å². The van der Waals surface area contributed by atoms with Crippen LogP contribution in [0.3, 0.4) is 0 Å². The van der Waals surface area contributed by atoms with Crippen LogP contribution in [0.15, 0.2) is 18.2 Å². The quantitative estimate of drug-likeness (QED) is 0.357. The van der Waals surface area contributed by atoms with Crippen LogP contribution in [0.5, 0.6) is 5.75 Å². The molecule has 1 rings (SSSR count). The van der Waals surface area contributed by atoms with Gasteiger partial charge in [-0.15, -0.1) is 0 Å². The van der Waals surface area contributed by atoms with E-state index in [1.165, 1.54) is 5.56 Å². The van der Waals surface area contributed by atoms with Gasteiger partial charge in [-0.1, -0.05) is 17.7 Å². The molecular weight excluding hydrogens is 671 g/mol. The fourth-order valence-corrected chi connectivity index (χ4v) is 0.805. The molecule has 81 valence electrons. The first-order valence-corrected chi connectivity index (χ1v) is 21.7. The molecule has 1 aromatic rings. The van der Waals surface area contributed by atoms with E-state index in [-0.39, 0.29) is 0 Å². The Morgan fingerprint density at radius 1 is 1.07 bits per heavy atom. The van der Waals surface area contributed by atoms with Crippen LogP contribution in [0.2, 0.25) is 0 Å². The predicted molar refractivity (Wildman–Crippen MR) is 93.7 cm³/mol. The third-order valence-electron chi connectivity index (χ3n) is 1.35. The van der Waals surface area contributed by atoms with Crippen LogP contribution in [0.1, 0.15) is 11.1 Å². The van der Waals surface area contributed by atoms with Gasteiger partial charge in [-0.25, -0.2) is 0 Å². The minimum absolute atomic E-state index is 0.376. The summed E-state index contributed by atoms with van der Waals surface area (Å²) in [7, 11) is 0. The average molecular weight is 681 g/mol. The number of benzene rings is 1. The van der Waals surface area contributed by atoms with Gasteiger partial charge in [0, 0.05) is 0 Å². The molecule has 0 spiro atoms. The molecule has 0 bridgehead atoms. The van der Waals surface area contributed by atoms with Crippen molar-refractivity contribution in [3.8, 4) is 5.75 Å². The summed E-state index contributed by atoms with van der Waals surface area (Å²) in [6.07, 6.45) is 0. The number of aryl methyl sites for hydroxylation is 2. The van der Waals surface area contributed by atoms with Crippen LogP contribution >= 0.6 is 79.9 Å². The first-order valence-electron chi connectivity index (χ1n) is 3.64. The molecule has 0 radical (unpaired) electrons. The topological polar surface area (TPSA) is 20.2 Å². The predicted octanol–water partition coefficient (Wildman–Crippen LogP) is 5.55. The zero-order valence-corrected chi connectivity index (χ0v) is 17.7. The van der Waals surface area contributed by atoms with E-state index in [0.717, 1.165) is 5.56 Å². The van der Waals surface area contributed by atoms with E-state index in [4.69, 9.17) is 5.11 Å². The van der Waals surface area contributed by atoms with Crippen LogP contribution in [0, 0.1) is 13.8 Å². The van der Waals surface area contributed by atoms with Gasteiger partial charge in [-0.05, 0) is 25.5 Å². The summed E-state index contributed by atoms with van der Waals surface area (Å²) in [5, 5.41) is 9.04. The van der Waals surface area contributed by atoms with Crippen molar-refractivity contribution in [2.45, 2.75) is 13.8 Å². The fourth-order valence-electron chi connectivity index (χ4n) is 0.805. The molecule has 0 aliphatic carbocycles. The third-order valence-corrected chi connectivity index (χ3v) is 1.35. The number of halogens is 4. The summed E-state index contributed by atoms with van der Waals surface area (Å²) >= 11 is 10.0. The Morgan fingerprint density at radius 3 is 1.79 bits per heavy atom. The standard InChI is InChI=1S/C8H10O.4HI.V/c1-6-3-4-8(9)7(2)5-6;;;;;/h3-5,9H,1-2H3;4*1H;/q;;;;;+4/p-4. The second-order valence-electron chi connectivity index (χ2n) is 2.67. The Kier molecular flexibility index (Phi) is 9.18. The molecule has 14 heavy (non-hydrogen) atoms. The monoisotopic (exact) mass is 681 g/mol. The normalized spacial score (nSPS) is 10.4. The van der Waals surface area contributed by atoms with Crippen molar-refractivity contribution in [1.29, 1.82) is 0 Å². The van der Waals surface area contributed by atoms with Gasteiger partial charge in [0.2, 0.25) is 0 Å². The zero-order chi connectivity index (χ0) is 11.4. The van der Waals surface area contributed by atoms with Crippen LogP contribution in [-0.4, -0.2) is 5.11 Å². The van der Waals surface area contributed by atoms with Crippen molar-refractivity contribution in [1.82, 2.24) is 0 Å². The van der Waals surface area contributed by atoms with Crippen molar-refractivity contribution in [3.63, 3.8) is 0 Å². The first-order chi connectivity index (χ1) is 6.20. The molecular formula is C8H10I4OV. The number of phenols is 1. The Hall–Kier alpha value is 2.52. The van der Waals surface area contributed by atoms with Gasteiger partial charge in [0.1, 0.15) is 5.75 Å². The number of rotatable bonds is 0. The van der Waals surface area contributed by atoms with Gasteiger partial charge in [0.15, 0.2) is 0 Å². The summed E-state index contributed by atoms with van der Waals surface area (Å²) < 4.78 is -0.995. The van der Waals surface area contributed by atoms with Gasteiger partial charge in [0.25, 0.3) is 0 Å². The number of hydrogen-bond acceptors (Lipinski definition) is 1. The summed E-state index contributed by atoms with van der Waals surface area (Å²) in [5.41, 5.74) is 2.13. The first kappa shape index (κ1) is 16.5. The van der Waals surface area contributed by atoms with Crippen molar-refractivity contribution in [2.75, 3.05) is 0 Å². The van der Waals surface area contributed by atoms with Gasteiger partial charge >= 0.3 is 80.3 Å². The molecule has 1 aromatic carbocycles. The minimum atomic E-state index is -0.995. The Balaban J connectivity index is 0.000000292. The zero-order valence-electron chi connectivity index (χ0n) is 7.64. The molecule has 0 aromatic heterocycles. The molecule has 0 unspecified atom stereocenters. The number of aromatic hydroxyl groups is 1. The number of phenolic OH excluding ortho intramolecular Hbond substituents is 1. The molecule has 0 saturated heterocycles. The summed E-state index contributed by atoms with van der Waals surface area (Å²) in [6.45, 7) is 3.90. The van der Waals surface area contributed by atoms with Gasteiger partial charge in [-0.3, -0.25) is 0 Å². The van der Waals surface area contributed by atoms with Gasteiger partial charge in [-0.2, -0.15) is 0 Å². The molecule has 0 fully saturated rings. The molecule has 0 atom stereocenters. The molecule has 6 heteroatoms. The van der Waals surface area contributed by atoms with Crippen LogP contribution in [-0.2, 0) is 0.376 Å². The SMILES string of the molecule is Cc1ccc(O)c(C)c1.[I][V]([I])([I])[I]. The Bertz CT molecular complexity index is 292. The van der Waals surface area contributed by atoms with E-state index in [0.29, 0.717) is 5.75 Å². The molecule has 0 aliphatic heterocycles. The fraction of sp³-hybridized carbons (Fsp3) is 0.250. The van der Waals surface area contributed by atoms with E-state index in [9.17, 15) is 0 Å². The summed E-state index contributed by atoms with van der Waals surface area (Å²) in [4.78, 5) is 0. The average Bonchev–Trinajstić information content (AvgIpc) is 1.94. The second kappa shape index (κ2) is 7.77. The third kappa shape index (κ3) is 11.0. The van der Waals surface area contributed by atoms with E-state index >= 15 is 0 Å². The maximum atomic E-state index is 9.04.